The molecular weight excluding hydrogens is 283 g/mol. The minimum atomic E-state index is -0.735. The Bertz CT molecular complexity index is 399. The second-order valence-electron chi connectivity index (χ2n) is 5.39. The van der Waals surface area contributed by atoms with Crippen molar-refractivity contribution in [3.05, 3.63) is 34.1 Å². The van der Waals surface area contributed by atoms with Gasteiger partial charge in [0.1, 0.15) is 5.82 Å². The fourth-order valence-electron chi connectivity index (χ4n) is 2.49. The summed E-state index contributed by atoms with van der Waals surface area (Å²) in [6, 6.07) is 4.98. The molecule has 3 heteroatoms. The summed E-state index contributed by atoms with van der Waals surface area (Å²) in [5.41, 5.74) is 0.107. The molecule has 1 fully saturated rings. The van der Waals surface area contributed by atoms with Gasteiger partial charge in [-0.2, -0.15) is 0 Å². The first-order valence-corrected chi connectivity index (χ1v) is 6.92. The normalized spacial score (nSPS) is 19.8. The van der Waals surface area contributed by atoms with Gasteiger partial charge < -0.3 is 5.11 Å². The molecular formula is C14H18BrFO. The lowest BCUT2D eigenvalue weighted by molar-refractivity contribution is 0.0202. The maximum absolute atomic E-state index is 13.4. The third-order valence-corrected chi connectivity index (χ3v) is 4.44. The van der Waals surface area contributed by atoms with Gasteiger partial charge in [0.2, 0.25) is 0 Å². The summed E-state index contributed by atoms with van der Waals surface area (Å²) in [6.45, 7) is 1.85. The summed E-state index contributed by atoms with van der Waals surface area (Å²) in [6.07, 6.45) is 5.04. The Morgan fingerprint density at radius 3 is 2.76 bits per heavy atom. The van der Waals surface area contributed by atoms with Crippen molar-refractivity contribution < 1.29 is 9.50 Å². The number of benzene rings is 1. The van der Waals surface area contributed by atoms with Crippen LogP contribution in [-0.4, -0.2) is 10.7 Å². The minimum Gasteiger partial charge on any atom is -0.390 e. The molecule has 1 unspecified atom stereocenters. The Balaban J connectivity index is 2.05. The fraction of sp³-hybridized carbons (Fsp3) is 0.571. The van der Waals surface area contributed by atoms with Gasteiger partial charge in [0, 0.05) is 6.42 Å². The molecule has 0 aliphatic heterocycles. The van der Waals surface area contributed by atoms with E-state index in [2.05, 4.69) is 15.9 Å². The zero-order chi connectivity index (χ0) is 12.5. The van der Waals surface area contributed by atoms with Crippen molar-refractivity contribution in [2.75, 3.05) is 0 Å². The molecule has 2 rings (SSSR count). The summed E-state index contributed by atoms with van der Waals surface area (Å²) >= 11 is 3.24. The molecule has 0 heterocycles. The SMILES string of the molecule is CC(O)(Cc1cccc(F)c1Br)CC1CCC1. The third kappa shape index (κ3) is 3.29. The van der Waals surface area contributed by atoms with E-state index in [9.17, 15) is 9.50 Å². The second-order valence-corrected chi connectivity index (χ2v) is 6.18. The van der Waals surface area contributed by atoms with Gasteiger partial charge in [-0.15, -0.1) is 0 Å². The number of hydrogen-bond donors (Lipinski definition) is 1. The fourth-order valence-corrected chi connectivity index (χ4v) is 2.89. The van der Waals surface area contributed by atoms with Crippen molar-refractivity contribution in [2.45, 2.75) is 44.6 Å². The van der Waals surface area contributed by atoms with E-state index in [4.69, 9.17) is 0 Å². The van der Waals surface area contributed by atoms with Gasteiger partial charge in [-0.25, -0.2) is 4.39 Å². The summed E-state index contributed by atoms with van der Waals surface area (Å²) in [5, 5.41) is 10.4. The van der Waals surface area contributed by atoms with E-state index in [0.29, 0.717) is 16.8 Å². The first-order chi connectivity index (χ1) is 7.98. The molecule has 1 aromatic rings. The summed E-state index contributed by atoms with van der Waals surface area (Å²) in [7, 11) is 0. The van der Waals surface area contributed by atoms with Gasteiger partial charge in [0.25, 0.3) is 0 Å². The lowest BCUT2D eigenvalue weighted by atomic mass is 9.76. The van der Waals surface area contributed by atoms with E-state index in [1.165, 1.54) is 25.3 Å². The highest BCUT2D eigenvalue weighted by molar-refractivity contribution is 9.10. The number of aliphatic hydroxyl groups is 1. The van der Waals surface area contributed by atoms with E-state index in [1.807, 2.05) is 13.0 Å². The van der Waals surface area contributed by atoms with Gasteiger partial charge in [0.15, 0.2) is 0 Å². The highest BCUT2D eigenvalue weighted by atomic mass is 79.9. The number of hydrogen-bond acceptors (Lipinski definition) is 1. The predicted octanol–water partition coefficient (Wildman–Crippen LogP) is 4.07. The Morgan fingerprint density at radius 1 is 1.47 bits per heavy atom. The summed E-state index contributed by atoms with van der Waals surface area (Å²) in [5.74, 6) is 0.388. The van der Waals surface area contributed by atoms with Crippen LogP contribution in [0.2, 0.25) is 0 Å². The number of rotatable bonds is 4. The number of halogens is 2. The molecule has 0 amide bonds. The molecule has 0 aromatic heterocycles. The smallest absolute Gasteiger partial charge is 0.137 e. The van der Waals surface area contributed by atoms with Gasteiger partial charge in [-0.05, 0) is 46.8 Å². The molecule has 1 aliphatic rings. The van der Waals surface area contributed by atoms with Crippen molar-refractivity contribution in [3.63, 3.8) is 0 Å². The van der Waals surface area contributed by atoms with Crippen molar-refractivity contribution in [1.82, 2.24) is 0 Å². The van der Waals surface area contributed by atoms with Gasteiger partial charge in [0.05, 0.1) is 10.1 Å². The molecule has 1 nitrogen and oxygen atoms in total. The molecule has 94 valence electrons. The van der Waals surface area contributed by atoms with Crippen molar-refractivity contribution in [2.24, 2.45) is 5.92 Å². The van der Waals surface area contributed by atoms with E-state index in [0.717, 1.165) is 12.0 Å². The van der Waals surface area contributed by atoms with E-state index in [-0.39, 0.29) is 5.82 Å². The molecule has 17 heavy (non-hydrogen) atoms. The quantitative estimate of drug-likeness (QED) is 0.888. The third-order valence-electron chi connectivity index (χ3n) is 3.56. The van der Waals surface area contributed by atoms with Crippen molar-refractivity contribution in [1.29, 1.82) is 0 Å². The maximum Gasteiger partial charge on any atom is 0.137 e. The first-order valence-electron chi connectivity index (χ1n) is 6.13. The Labute approximate surface area is 110 Å². The summed E-state index contributed by atoms with van der Waals surface area (Å²) < 4.78 is 13.8. The molecule has 1 N–H and O–H groups in total. The van der Waals surface area contributed by atoms with Gasteiger partial charge in [-0.1, -0.05) is 31.4 Å². The Kier molecular flexibility index (Phi) is 3.88. The van der Waals surface area contributed by atoms with Crippen molar-refractivity contribution in [3.8, 4) is 0 Å². The van der Waals surface area contributed by atoms with Crippen LogP contribution in [0.15, 0.2) is 22.7 Å². The molecule has 1 saturated carbocycles. The molecule has 1 atom stereocenters. The molecule has 0 spiro atoms. The van der Waals surface area contributed by atoms with E-state index in [1.54, 1.807) is 6.07 Å². The zero-order valence-electron chi connectivity index (χ0n) is 10.0. The lowest BCUT2D eigenvalue weighted by Gasteiger charge is -2.33. The standard InChI is InChI=1S/C14H18BrFO/c1-14(17,8-10-4-2-5-10)9-11-6-3-7-12(16)13(11)15/h3,6-7,10,17H,2,4-5,8-9H2,1H3. The van der Waals surface area contributed by atoms with Crippen LogP contribution in [0.5, 0.6) is 0 Å². The largest absolute Gasteiger partial charge is 0.390 e. The molecule has 0 radical (unpaired) electrons. The highest BCUT2D eigenvalue weighted by Gasteiger charge is 2.29. The monoisotopic (exact) mass is 300 g/mol. The van der Waals surface area contributed by atoms with Gasteiger partial charge in [-0.3, -0.25) is 0 Å². The summed E-state index contributed by atoms with van der Waals surface area (Å²) in [4.78, 5) is 0. The van der Waals surface area contributed by atoms with Crippen LogP contribution in [0.25, 0.3) is 0 Å². The van der Waals surface area contributed by atoms with Crippen LogP contribution in [0.1, 0.15) is 38.2 Å². The average molecular weight is 301 g/mol. The van der Waals surface area contributed by atoms with Crippen LogP contribution in [0.3, 0.4) is 0 Å². The van der Waals surface area contributed by atoms with Crippen LogP contribution < -0.4 is 0 Å². The van der Waals surface area contributed by atoms with Crippen LogP contribution in [-0.2, 0) is 6.42 Å². The molecule has 0 bridgehead atoms. The van der Waals surface area contributed by atoms with E-state index >= 15 is 0 Å². The zero-order valence-corrected chi connectivity index (χ0v) is 11.6. The molecule has 1 aliphatic carbocycles. The first kappa shape index (κ1) is 13.0. The average Bonchev–Trinajstić information content (AvgIpc) is 2.19. The minimum absolute atomic E-state index is 0.262. The lowest BCUT2D eigenvalue weighted by Crippen LogP contribution is -2.32. The maximum atomic E-state index is 13.4. The van der Waals surface area contributed by atoms with Gasteiger partial charge >= 0.3 is 0 Å². The second kappa shape index (κ2) is 5.07. The van der Waals surface area contributed by atoms with E-state index < -0.39 is 5.60 Å². The molecule has 0 saturated heterocycles. The Hall–Kier alpha value is -0.410. The highest BCUT2D eigenvalue weighted by Crippen LogP contribution is 2.35. The predicted molar refractivity (Wildman–Crippen MR) is 70.4 cm³/mol. The molecule has 1 aromatic carbocycles. The topological polar surface area (TPSA) is 20.2 Å². The van der Waals surface area contributed by atoms with Crippen LogP contribution in [0, 0.1) is 11.7 Å². The van der Waals surface area contributed by atoms with Crippen LogP contribution in [0.4, 0.5) is 4.39 Å². The van der Waals surface area contributed by atoms with Crippen molar-refractivity contribution >= 4 is 15.9 Å². The van der Waals surface area contributed by atoms with Crippen LogP contribution >= 0.6 is 15.9 Å². The Morgan fingerprint density at radius 2 is 2.18 bits per heavy atom.